The van der Waals surface area contributed by atoms with Gasteiger partial charge in [-0.15, -0.1) is 0 Å². The number of nitrogens with one attached hydrogen (secondary N) is 1. The minimum Gasteiger partial charge on any atom is -0.497 e. The first-order chi connectivity index (χ1) is 10.4. The molecule has 2 aromatic rings. The predicted octanol–water partition coefficient (Wildman–Crippen LogP) is 2.77. The van der Waals surface area contributed by atoms with Gasteiger partial charge >= 0.3 is 0 Å². The third kappa shape index (κ3) is 4.61. The van der Waals surface area contributed by atoms with E-state index in [1.54, 1.807) is 26.2 Å². The van der Waals surface area contributed by atoms with E-state index in [1.807, 2.05) is 24.3 Å². The third-order valence-electron chi connectivity index (χ3n) is 3.17. The van der Waals surface area contributed by atoms with Gasteiger partial charge in [0.15, 0.2) is 10.4 Å². The van der Waals surface area contributed by atoms with Crippen LogP contribution in [0.5, 0.6) is 5.75 Å². The SMILES string of the molecule is COc1ccc(C[C@](C)(O)CNC(=O)c2ccc(Br)o2)cc1. The van der Waals surface area contributed by atoms with E-state index < -0.39 is 5.60 Å². The summed E-state index contributed by atoms with van der Waals surface area (Å²) in [6.45, 7) is 1.80. The molecule has 1 atom stereocenters. The molecule has 0 aliphatic rings. The molecular weight excluding hydrogens is 350 g/mol. The van der Waals surface area contributed by atoms with Crippen LogP contribution in [0.4, 0.5) is 0 Å². The number of carbonyl (C=O) groups excluding carboxylic acids is 1. The normalized spacial score (nSPS) is 13.5. The number of methoxy groups -OCH3 is 1. The van der Waals surface area contributed by atoms with Crippen LogP contribution < -0.4 is 10.1 Å². The second kappa shape index (κ2) is 6.98. The number of halogens is 1. The maximum absolute atomic E-state index is 11.9. The van der Waals surface area contributed by atoms with Crippen molar-refractivity contribution in [2.45, 2.75) is 18.9 Å². The van der Waals surface area contributed by atoms with Gasteiger partial charge in [0.25, 0.3) is 5.91 Å². The van der Waals surface area contributed by atoms with Crippen LogP contribution in [-0.2, 0) is 6.42 Å². The topological polar surface area (TPSA) is 71.7 Å². The fourth-order valence-electron chi connectivity index (χ4n) is 2.04. The van der Waals surface area contributed by atoms with Gasteiger partial charge in [-0.1, -0.05) is 12.1 Å². The Morgan fingerprint density at radius 2 is 2.00 bits per heavy atom. The lowest BCUT2D eigenvalue weighted by molar-refractivity contribution is 0.0544. The summed E-state index contributed by atoms with van der Waals surface area (Å²) in [6.07, 6.45) is 0.416. The van der Waals surface area contributed by atoms with Gasteiger partial charge in [-0.25, -0.2) is 0 Å². The van der Waals surface area contributed by atoms with Crippen LogP contribution >= 0.6 is 15.9 Å². The first-order valence-electron chi connectivity index (χ1n) is 6.78. The molecule has 1 amide bonds. The van der Waals surface area contributed by atoms with Crippen LogP contribution in [-0.4, -0.2) is 30.3 Å². The van der Waals surface area contributed by atoms with Crippen molar-refractivity contribution in [3.8, 4) is 5.75 Å². The predicted molar refractivity (Wildman–Crippen MR) is 86.1 cm³/mol. The summed E-state index contributed by atoms with van der Waals surface area (Å²) in [4.78, 5) is 11.9. The van der Waals surface area contributed by atoms with Crippen molar-refractivity contribution < 1.29 is 19.1 Å². The molecular formula is C16H18BrNO4. The van der Waals surface area contributed by atoms with Crippen molar-refractivity contribution >= 4 is 21.8 Å². The second-order valence-corrected chi connectivity index (χ2v) is 6.09. The molecule has 0 saturated heterocycles. The zero-order valence-electron chi connectivity index (χ0n) is 12.4. The Hall–Kier alpha value is -1.79. The van der Waals surface area contributed by atoms with Gasteiger partial charge in [-0.05, 0) is 52.7 Å². The Morgan fingerprint density at radius 3 is 2.55 bits per heavy atom. The molecule has 2 N–H and O–H groups in total. The molecule has 0 radical (unpaired) electrons. The van der Waals surface area contributed by atoms with Crippen LogP contribution in [0.2, 0.25) is 0 Å². The van der Waals surface area contributed by atoms with E-state index in [0.29, 0.717) is 11.1 Å². The lowest BCUT2D eigenvalue weighted by atomic mass is 9.96. The number of benzene rings is 1. The summed E-state index contributed by atoms with van der Waals surface area (Å²) < 4.78 is 10.7. The van der Waals surface area contributed by atoms with E-state index in [1.165, 1.54) is 0 Å². The Labute approximate surface area is 137 Å². The first kappa shape index (κ1) is 16.6. The Balaban J connectivity index is 1.91. The van der Waals surface area contributed by atoms with E-state index in [4.69, 9.17) is 9.15 Å². The fraction of sp³-hybridized carbons (Fsp3) is 0.312. The van der Waals surface area contributed by atoms with Gasteiger partial charge in [0.1, 0.15) is 5.75 Å². The molecule has 0 spiro atoms. The highest BCUT2D eigenvalue weighted by molar-refractivity contribution is 9.10. The number of ether oxygens (including phenoxy) is 1. The number of hydrogen-bond acceptors (Lipinski definition) is 4. The van der Waals surface area contributed by atoms with Gasteiger partial charge in [-0.2, -0.15) is 0 Å². The first-order valence-corrected chi connectivity index (χ1v) is 7.58. The Morgan fingerprint density at radius 1 is 1.32 bits per heavy atom. The smallest absolute Gasteiger partial charge is 0.287 e. The highest BCUT2D eigenvalue weighted by atomic mass is 79.9. The summed E-state index contributed by atoms with van der Waals surface area (Å²) in [7, 11) is 1.60. The summed E-state index contributed by atoms with van der Waals surface area (Å²) in [5, 5.41) is 13.1. The number of amides is 1. The molecule has 0 aliphatic heterocycles. The van der Waals surface area contributed by atoms with E-state index >= 15 is 0 Å². The number of hydrogen-bond donors (Lipinski definition) is 2. The average Bonchev–Trinajstić information content (AvgIpc) is 2.92. The molecule has 6 heteroatoms. The highest BCUT2D eigenvalue weighted by Crippen LogP contribution is 2.17. The Kier molecular flexibility index (Phi) is 5.26. The quantitative estimate of drug-likeness (QED) is 0.823. The number of rotatable bonds is 6. The largest absolute Gasteiger partial charge is 0.497 e. The number of furan rings is 1. The van der Waals surface area contributed by atoms with Gasteiger partial charge in [0.2, 0.25) is 0 Å². The van der Waals surface area contributed by atoms with Crippen molar-refractivity contribution in [3.05, 3.63) is 52.4 Å². The van der Waals surface area contributed by atoms with Crippen molar-refractivity contribution in [2.24, 2.45) is 0 Å². The third-order valence-corrected chi connectivity index (χ3v) is 3.60. The maximum atomic E-state index is 11.9. The summed E-state index contributed by atoms with van der Waals surface area (Å²) in [5.41, 5.74) is -0.102. The monoisotopic (exact) mass is 367 g/mol. The molecule has 0 fully saturated rings. The lowest BCUT2D eigenvalue weighted by Crippen LogP contribution is -2.42. The van der Waals surface area contributed by atoms with Gasteiger partial charge in [0.05, 0.1) is 12.7 Å². The standard InChI is InChI=1S/C16H18BrNO4/c1-16(20,9-11-3-5-12(21-2)6-4-11)10-18-15(19)13-7-8-14(17)22-13/h3-8,20H,9-10H2,1-2H3,(H,18,19)/t16-/m0/s1. The number of aliphatic hydroxyl groups is 1. The van der Waals surface area contributed by atoms with Crippen LogP contribution in [0.1, 0.15) is 23.0 Å². The lowest BCUT2D eigenvalue weighted by Gasteiger charge is -2.23. The minimum atomic E-state index is -1.06. The Bertz CT molecular complexity index is 634. The molecule has 1 aromatic carbocycles. The molecule has 1 heterocycles. The van der Waals surface area contributed by atoms with Gasteiger partial charge in [-0.3, -0.25) is 4.79 Å². The molecule has 118 valence electrons. The minimum absolute atomic E-state index is 0.121. The van der Waals surface area contributed by atoms with Gasteiger partial charge in [0, 0.05) is 13.0 Å². The van der Waals surface area contributed by atoms with Gasteiger partial charge < -0.3 is 19.6 Å². The second-order valence-electron chi connectivity index (χ2n) is 5.31. The molecule has 5 nitrogen and oxygen atoms in total. The zero-order chi connectivity index (χ0) is 16.2. The van der Waals surface area contributed by atoms with E-state index in [2.05, 4.69) is 21.2 Å². The summed E-state index contributed by atoms with van der Waals surface area (Å²) in [6, 6.07) is 10.7. The molecule has 0 aliphatic carbocycles. The van der Waals surface area contributed by atoms with Crippen molar-refractivity contribution in [1.82, 2.24) is 5.32 Å². The van der Waals surface area contributed by atoms with Crippen LogP contribution in [0.3, 0.4) is 0 Å². The van der Waals surface area contributed by atoms with Crippen LogP contribution in [0.25, 0.3) is 0 Å². The van der Waals surface area contributed by atoms with Crippen LogP contribution in [0, 0.1) is 0 Å². The molecule has 0 saturated carbocycles. The van der Waals surface area contributed by atoms with E-state index in [9.17, 15) is 9.90 Å². The van der Waals surface area contributed by atoms with E-state index in [-0.39, 0.29) is 18.2 Å². The fourth-order valence-corrected chi connectivity index (χ4v) is 2.35. The molecule has 1 aromatic heterocycles. The molecule has 0 unspecified atom stereocenters. The summed E-state index contributed by atoms with van der Waals surface area (Å²) >= 11 is 3.14. The number of carbonyl (C=O) groups is 1. The molecule has 2 rings (SSSR count). The van der Waals surface area contributed by atoms with Crippen molar-refractivity contribution in [2.75, 3.05) is 13.7 Å². The molecule has 22 heavy (non-hydrogen) atoms. The molecule has 0 bridgehead atoms. The highest BCUT2D eigenvalue weighted by Gasteiger charge is 2.23. The van der Waals surface area contributed by atoms with Crippen LogP contribution in [0.15, 0.2) is 45.5 Å². The van der Waals surface area contributed by atoms with Crippen molar-refractivity contribution in [1.29, 1.82) is 0 Å². The van der Waals surface area contributed by atoms with E-state index in [0.717, 1.165) is 11.3 Å². The van der Waals surface area contributed by atoms with Crippen molar-refractivity contribution in [3.63, 3.8) is 0 Å². The average molecular weight is 368 g/mol. The summed E-state index contributed by atoms with van der Waals surface area (Å²) in [5.74, 6) is 0.605. The zero-order valence-corrected chi connectivity index (χ0v) is 14.0. The maximum Gasteiger partial charge on any atom is 0.287 e.